The number of hydrogen-bond acceptors (Lipinski definition) is 2. The van der Waals surface area contributed by atoms with Gasteiger partial charge in [-0.1, -0.05) is 16.8 Å². The van der Waals surface area contributed by atoms with Crippen LogP contribution >= 0.6 is 23.2 Å². The maximum atomic E-state index is 12.9. The van der Waals surface area contributed by atoms with Crippen molar-refractivity contribution in [2.24, 2.45) is 0 Å². The average Bonchev–Trinajstić information content (AvgIpc) is 2.71. The second kappa shape index (κ2) is 4.39. The van der Waals surface area contributed by atoms with Crippen molar-refractivity contribution < 1.29 is 4.39 Å². The highest BCUT2D eigenvalue weighted by Crippen LogP contribution is 2.20. The van der Waals surface area contributed by atoms with E-state index in [4.69, 9.17) is 23.2 Å². The highest BCUT2D eigenvalue weighted by Gasteiger charge is 2.09. The molecule has 0 spiro atoms. The molecule has 0 radical (unpaired) electrons. The summed E-state index contributed by atoms with van der Waals surface area (Å²) in [6.07, 6.45) is 1.68. The molecular weight excluding hydrogens is 252 g/mol. The van der Waals surface area contributed by atoms with E-state index in [0.717, 1.165) is 0 Å². The van der Waals surface area contributed by atoms with Crippen LogP contribution in [0.3, 0.4) is 0 Å². The van der Waals surface area contributed by atoms with Gasteiger partial charge in [0.1, 0.15) is 11.5 Å². The van der Waals surface area contributed by atoms with E-state index in [1.807, 2.05) is 0 Å². The van der Waals surface area contributed by atoms with Crippen LogP contribution in [0, 0.1) is 5.82 Å². The van der Waals surface area contributed by atoms with E-state index in [0.29, 0.717) is 11.4 Å². The Bertz CT molecular complexity index is 511. The van der Waals surface area contributed by atoms with Crippen molar-refractivity contribution in [2.75, 3.05) is 0 Å². The Balaban J connectivity index is 2.39. The Morgan fingerprint density at radius 2 is 2.19 bits per heavy atom. The topological polar surface area (TPSA) is 30.7 Å². The second-order valence-corrected chi connectivity index (χ2v) is 4.36. The Hall–Kier alpha value is -1.13. The molecular formula is C10H8Cl2FN3. The number of aromatic nitrogens is 3. The van der Waals surface area contributed by atoms with Gasteiger partial charge in [0, 0.05) is 0 Å². The van der Waals surface area contributed by atoms with Gasteiger partial charge < -0.3 is 0 Å². The SMILES string of the molecule is CC(Cl)c1cn(-c2ccc(F)c(Cl)c2)nn1. The molecule has 0 fully saturated rings. The van der Waals surface area contributed by atoms with Crippen molar-refractivity contribution in [1.29, 1.82) is 0 Å². The van der Waals surface area contributed by atoms with Gasteiger partial charge in [0.05, 0.1) is 22.3 Å². The lowest BCUT2D eigenvalue weighted by molar-refractivity contribution is 0.627. The Labute approximate surface area is 102 Å². The third-order valence-corrected chi connectivity index (χ3v) is 2.60. The number of rotatable bonds is 2. The molecule has 0 amide bonds. The van der Waals surface area contributed by atoms with Gasteiger partial charge in [0.15, 0.2) is 0 Å². The van der Waals surface area contributed by atoms with Crippen molar-refractivity contribution in [3.05, 3.63) is 40.9 Å². The lowest BCUT2D eigenvalue weighted by atomic mass is 10.3. The lowest BCUT2D eigenvalue weighted by Crippen LogP contribution is -1.95. The quantitative estimate of drug-likeness (QED) is 0.775. The molecule has 16 heavy (non-hydrogen) atoms. The lowest BCUT2D eigenvalue weighted by Gasteiger charge is -2.01. The third kappa shape index (κ3) is 2.18. The third-order valence-electron chi connectivity index (χ3n) is 2.09. The molecule has 0 aliphatic rings. The minimum atomic E-state index is -0.462. The van der Waals surface area contributed by atoms with Crippen molar-refractivity contribution in [3.63, 3.8) is 0 Å². The number of hydrogen-bond donors (Lipinski definition) is 0. The first-order valence-corrected chi connectivity index (χ1v) is 5.41. The number of alkyl halides is 1. The molecule has 1 aromatic heterocycles. The predicted molar refractivity (Wildman–Crippen MR) is 60.6 cm³/mol. The van der Waals surface area contributed by atoms with Crippen LogP contribution < -0.4 is 0 Å². The molecule has 0 saturated carbocycles. The van der Waals surface area contributed by atoms with Crippen LogP contribution in [0.25, 0.3) is 5.69 Å². The monoisotopic (exact) mass is 259 g/mol. The summed E-state index contributed by atoms with van der Waals surface area (Å²) in [7, 11) is 0. The standard InChI is InChI=1S/C10H8Cl2FN3/c1-6(11)10-5-16(15-14-10)7-2-3-9(13)8(12)4-7/h2-6H,1H3. The summed E-state index contributed by atoms with van der Waals surface area (Å²) in [6.45, 7) is 1.80. The summed E-state index contributed by atoms with van der Waals surface area (Å²) < 4.78 is 14.4. The van der Waals surface area contributed by atoms with Crippen molar-refractivity contribution in [3.8, 4) is 5.69 Å². The fraction of sp³-hybridized carbons (Fsp3) is 0.200. The van der Waals surface area contributed by atoms with Gasteiger partial charge in [-0.05, 0) is 25.1 Å². The van der Waals surface area contributed by atoms with Crippen LogP contribution in [0.15, 0.2) is 24.4 Å². The molecule has 6 heteroatoms. The van der Waals surface area contributed by atoms with E-state index in [2.05, 4.69) is 10.3 Å². The first-order chi connectivity index (χ1) is 7.58. The smallest absolute Gasteiger partial charge is 0.141 e. The summed E-state index contributed by atoms with van der Waals surface area (Å²) in [5.74, 6) is -0.462. The molecule has 1 atom stereocenters. The van der Waals surface area contributed by atoms with Gasteiger partial charge in [-0.2, -0.15) is 0 Å². The zero-order valence-corrected chi connectivity index (χ0v) is 9.87. The molecule has 84 valence electrons. The second-order valence-electron chi connectivity index (χ2n) is 3.30. The summed E-state index contributed by atoms with van der Waals surface area (Å²) in [5, 5.41) is 7.60. The first-order valence-electron chi connectivity index (χ1n) is 4.59. The average molecular weight is 260 g/mol. The summed E-state index contributed by atoms with van der Waals surface area (Å²) >= 11 is 11.5. The molecule has 0 saturated heterocycles. The van der Waals surface area contributed by atoms with Crippen LogP contribution in [0.5, 0.6) is 0 Å². The molecule has 2 rings (SSSR count). The van der Waals surface area contributed by atoms with Crippen molar-refractivity contribution in [1.82, 2.24) is 15.0 Å². The molecule has 0 N–H and O–H groups in total. The molecule has 1 unspecified atom stereocenters. The van der Waals surface area contributed by atoms with Crippen LogP contribution in [-0.4, -0.2) is 15.0 Å². The van der Waals surface area contributed by atoms with Crippen molar-refractivity contribution >= 4 is 23.2 Å². The molecule has 0 aliphatic heterocycles. The minimum absolute atomic E-state index is 0.0495. The van der Waals surface area contributed by atoms with E-state index >= 15 is 0 Å². The van der Waals surface area contributed by atoms with Crippen LogP contribution in [0.1, 0.15) is 18.0 Å². The molecule has 1 aromatic carbocycles. The predicted octanol–water partition coefficient (Wildman–Crippen LogP) is 3.36. The fourth-order valence-corrected chi connectivity index (χ4v) is 1.49. The van der Waals surface area contributed by atoms with E-state index in [-0.39, 0.29) is 10.4 Å². The summed E-state index contributed by atoms with van der Waals surface area (Å²) in [5.41, 5.74) is 1.30. The molecule has 0 aliphatic carbocycles. The van der Waals surface area contributed by atoms with E-state index in [1.54, 1.807) is 19.2 Å². The zero-order chi connectivity index (χ0) is 11.7. The Morgan fingerprint density at radius 1 is 1.44 bits per heavy atom. The van der Waals surface area contributed by atoms with Gasteiger partial charge in [0.25, 0.3) is 0 Å². The molecule has 1 heterocycles. The highest BCUT2D eigenvalue weighted by atomic mass is 35.5. The van der Waals surface area contributed by atoms with E-state index in [1.165, 1.54) is 16.8 Å². The van der Waals surface area contributed by atoms with Crippen LogP contribution in [0.4, 0.5) is 4.39 Å². The van der Waals surface area contributed by atoms with Gasteiger partial charge in [0.2, 0.25) is 0 Å². The number of nitrogens with zero attached hydrogens (tertiary/aromatic N) is 3. The summed E-state index contributed by atoms with van der Waals surface area (Å²) in [6, 6.07) is 4.33. The van der Waals surface area contributed by atoms with Gasteiger partial charge >= 0.3 is 0 Å². The largest absolute Gasteiger partial charge is 0.220 e. The molecule has 2 aromatic rings. The highest BCUT2D eigenvalue weighted by molar-refractivity contribution is 6.30. The first kappa shape index (κ1) is 11.4. The normalized spacial score (nSPS) is 12.8. The number of halogens is 3. The summed E-state index contributed by atoms with van der Waals surface area (Å²) in [4.78, 5) is 0. The van der Waals surface area contributed by atoms with Crippen molar-refractivity contribution in [2.45, 2.75) is 12.3 Å². The van der Waals surface area contributed by atoms with E-state index < -0.39 is 5.82 Å². The van der Waals surface area contributed by atoms with Gasteiger partial charge in [-0.25, -0.2) is 9.07 Å². The van der Waals surface area contributed by atoms with Gasteiger partial charge in [-0.3, -0.25) is 0 Å². The van der Waals surface area contributed by atoms with E-state index in [9.17, 15) is 4.39 Å². The minimum Gasteiger partial charge on any atom is -0.220 e. The number of benzene rings is 1. The van der Waals surface area contributed by atoms with Crippen LogP contribution in [-0.2, 0) is 0 Å². The maximum absolute atomic E-state index is 12.9. The molecule has 0 bridgehead atoms. The molecule has 3 nitrogen and oxygen atoms in total. The van der Waals surface area contributed by atoms with Crippen LogP contribution in [0.2, 0.25) is 5.02 Å². The Kier molecular flexibility index (Phi) is 3.12. The maximum Gasteiger partial charge on any atom is 0.141 e. The fourth-order valence-electron chi connectivity index (χ4n) is 1.21. The zero-order valence-electron chi connectivity index (χ0n) is 8.36. The van der Waals surface area contributed by atoms with Gasteiger partial charge in [-0.15, -0.1) is 16.7 Å². The Morgan fingerprint density at radius 3 is 2.75 bits per heavy atom.